The molecule has 1 aromatic rings. The van der Waals surface area contributed by atoms with Gasteiger partial charge in [-0.05, 0) is 31.2 Å². The lowest BCUT2D eigenvalue weighted by Gasteiger charge is -2.37. The summed E-state index contributed by atoms with van der Waals surface area (Å²) in [5.74, 6) is -1.44. The highest BCUT2D eigenvalue weighted by atomic mass is 16.6. The van der Waals surface area contributed by atoms with Crippen LogP contribution in [0.25, 0.3) is 0 Å². The number of hydrogen-bond acceptors (Lipinski definition) is 5. The van der Waals surface area contributed by atoms with Gasteiger partial charge in [-0.15, -0.1) is 6.58 Å². The molecular formula is C17H19NO5. The van der Waals surface area contributed by atoms with E-state index in [4.69, 9.17) is 4.74 Å². The van der Waals surface area contributed by atoms with Crippen LogP contribution < -0.4 is 0 Å². The molecular weight excluding hydrogens is 298 g/mol. The molecule has 2 atom stereocenters. The van der Waals surface area contributed by atoms with Crippen LogP contribution in [0.5, 0.6) is 0 Å². The second kappa shape index (κ2) is 6.32. The third kappa shape index (κ3) is 2.65. The van der Waals surface area contributed by atoms with Crippen LogP contribution in [0.3, 0.4) is 0 Å². The van der Waals surface area contributed by atoms with Crippen LogP contribution in [0.1, 0.15) is 36.2 Å². The Morgan fingerprint density at radius 3 is 2.83 bits per heavy atom. The molecule has 0 radical (unpaired) electrons. The van der Waals surface area contributed by atoms with E-state index in [-0.39, 0.29) is 17.9 Å². The summed E-state index contributed by atoms with van der Waals surface area (Å²) in [6.07, 6.45) is 2.34. The van der Waals surface area contributed by atoms with Gasteiger partial charge in [0, 0.05) is 17.7 Å². The van der Waals surface area contributed by atoms with Crippen LogP contribution in [-0.2, 0) is 16.0 Å². The highest BCUT2D eigenvalue weighted by Crippen LogP contribution is 2.43. The quantitative estimate of drug-likeness (QED) is 0.274. The summed E-state index contributed by atoms with van der Waals surface area (Å²) in [6.45, 7) is 7.27. The predicted octanol–water partition coefficient (Wildman–Crippen LogP) is 3.10. The van der Waals surface area contributed by atoms with Gasteiger partial charge in [0.1, 0.15) is 5.41 Å². The molecule has 0 heterocycles. The topological polar surface area (TPSA) is 86.5 Å². The Kier molecular flexibility index (Phi) is 4.63. The van der Waals surface area contributed by atoms with Gasteiger partial charge in [-0.3, -0.25) is 19.7 Å². The zero-order chi connectivity index (χ0) is 17.2. The molecule has 0 aromatic heterocycles. The number of ketones is 1. The number of nitro benzene ring substituents is 1. The van der Waals surface area contributed by atoms with Crippen molar-refractivity contribution in [3.05, 3.63) is 52.1 Å². The lowest BCUT2D eigenvalue weighted by molar-refractivity contribution is -0.384. The van der Waals surface area contributed by atoms with Crippen LogP contribution in [0.15, 0.2) is 30.9 Å². The van der Waals surface area contributed by atoms with Crippen molar-refractivity contribution in [2.45, 2.75) is 26.7 Å². The van der Waals surface area contributed by atoms with Crippen LogP contribution in [0.4, 0.5) is 5.69 Å². The zero-order valence-corrected chi connectivity index (χ0v) is 13.2. The van der Waals surface area contributed by atoms with Crippen molar-refractivity contribution in [2.24, 2.45) is 11.3 Å². The first kappa shape index (κ1) is 16.9. The van der Waals surface area contributed by atoms with E-state index in [2.05, 4.69) is 6.58 Å². The molecule has 0 bridgehead atoms. The largest absolute Gasteiger partial charge is 0.465 e. The average molecular weight is 317 g/mol. The Bertz CT molecular complexity index is 682. The molecule has 6 heteroatoms. The number of benzene rings is 1. The van der Waals surface area contributed by atoms with Gasteiger partial charge in [0.2, 0.25) is 0 Å². The molecule has 0 N–H and O–H groups in total. The summed E-state index contributed by atoms with van der Waals surface area (Å²) in [6, 6.07) is 4.21. The van der Waals surface area contributed by atoms with Crippen molar-refractivity contribution in [1.82, 2.24) is 0 Å². The van der Waals surface area contributed by atoms with Gasteiger partial charge in [-0.1, -0.05) is 19.1 Å². The minimum atomic E-state index is -1.36. The number of rotatable bonds is 5. The molecule has 0 fully saturated rings. The molecule has 2 rings (SSSR count). The maximum Gasteiger partial charge on any atom is 0.320 e. The van der Waals surface area contributed by atoms with E-state index in [0.717, 1.165) is 5.56 Å². The van der Waals surface area contributed by atoms with Gasteiger partial charge in [-0.2, -0.15) is 0 Å². The number of aryl methyl sites for hydroxylation is 1. The lowest BCUT2D eigenvalue weighted by atomic mass is 9.63. The standard InChI is InChI=1S/C17H19NO5/c1-4-11(3)17(16(20)23-5-2)9-8-12-6-7-13(18(21)22)10-14(12)15(17)19/h4,6-7,10-11H,1,5,8-9H2,2-3H3/t11-,17-/m0/s1. The van der Waals surface area contributed by atoms with Gasteiger partial charge in [0.25, 0.3) is 5.69 Å². The van der Waals surface area contributed by atoms with Crippen LogP contribution in [0.2, 0.25) is 0 Å². The number of hydrogen-bond donors (Lipinski definition) is 0. The monoisotopic (exact) mass is 317 g/mol. The molecule has 1 aromatic carbocycles. The van der Waals surface area contributed by atoms with E-state index in [1.54, 1.807) is 26.0 Å². The Hall–Kier alpha value is -2.50. The molecule has 0 spiro atoms. The fourth-order valence-corrected chi connectivity index (χ4v) is 3.07. The molecule has 0 unspecified atom stereocenters. The molecule has 0 amide bonds. The summed E-state index contributed by atoms with van der Waals surface area (Å²) < 4.78 is 5.13. The Morgan fingerprint density at radius 1 is 1.57 bits per heavy atom. The van der Waals surface area contributed by atoms with Gasteiger partial charge in [0.15, 0.2) is 5.78 Å². The van der Waals surface area contributed by atoms with E-state index >= 15 is 0 Å². The highest BCUT2D eigenvalue weighted by Gasteiger charge is 2.53. The maximum atomic E-state index is 13.1. The van der Waals surface area contributed by atoms with Gasteiger partial charge in [-0.25, -0.2) is 0 Å². The summed E-state index contributed by atoms with van der Waals surface area (Å²) in [4.78, 5) is 36.0. The number of non-ortho nitro benzene ring substituents is 1. The van der Waals surface area contributed by atoms with Crippen molar-refractivity contribution >= 4 is 17.4 Å². The van der Waals surface area contributed by atoms with Crippen molar-refractivity contribution in [2.75, 3.05) is 6.61 Å². The molecule has 122 valence electrons. The first-order valence-electron chi connectivity index (χ1n) is 7.50. The molecule has 6 nitrogen and oxygen atoms in total. The van der Waals surface area contributed by atoms with Gasteiger partial charge < -0.3 is 4.74 Å². The number of carbonyl (C=O) groups is 2. The average Bonchev–Trinajstić information content (AvgIpc) is 2.54. The molecule has 1 aliphatic carbocycles. The van der Waals surface area contributed by atoms with Crippen LogP contribution in [0, 0.1) is 21.4 Å². The van der Waals surface area contributed by atoms with E-state index in [1.165, 1.54) is 12.1 Å². The minimum absolute atomic E-state index is 0.164. The van der Waals surface area contributed by atoms with E-state index < -0.39 is 28.0 Å². The third-order valence-electron chi connectivity index (χ3n) is 4.51. The summed E-state index contributed by atoms with van der Waals surface area (Å²) in [5.41, 5.74) is -0.577. The molecule has 23 heavy (non-hydrogen) atoms. The fraction of sp³-hybridized carbons (Fsp3) is 0.412. The second-order valence-corrected chi connectivity index (χ2v) is 5.64. The SMILES string of the molecule is C=C[C@H](C)[C@@]1(C(=O)OCC)CCc2ccc([N+](=O)[O-])cc2C1=O. The minimum Gasteiger partial charge on any atom is -0.465 e. The van der Waals surface area contributed by atoms with E-state index in [0.29, 0.717) is 12.8 Å². The third-order valence-corrected chi connectivity index (χ3v) is 4.51. The molecule has 0 saturated heterocycles. The number of allylic oxidation sites excluding steroid dienone is 1. The molecule has 1 aliphatic rings. The number of esters is 1. The number of nitrogens with zero attached hydrogens (tertiary/aromatic N) is 1. The summed E-state index contributed by atoms with van der Waals surface area (Å²) >= 11 is 0. The van der Waals surface area contributed by atoms with Crippen molar-refractivity contribution in [1.29, 1.82) is 0 Å². The van der Waals surface area contributed by atoms with E-state index in [9.17, 15) is 19.7 Å². The smallest absolute Gasteiger partial charge is 0.320 e. The van der Waals surface area contributed by atoms with Gasteiger partial charge >= 0.3 is 5.97 Å². The maximum absolute atomic E-state index is 13.1. The van der Waals surface area contributed by atoms with E-state index in [1.807, 2.05) is 0 Å². The number of nitro groups is 1. The summed E-state index contributed by atoms with van der Waals surface area (Å²) in [7, 11) is 0. The molecule has 0 aliphatic heterocycles. The van der Waals surface area contributed by atoms with Crippen LogP contribution in [-0.4, -0.2) is 23.3 Å². The first-order valence-corrected chi connectivity index (χ1v) is 7.50. The molecule has 0 saturated carbocycles. The predicted molar refractivity (Wildman–Crippen MR) is 84.2 cm³/mol. The number of carbonyl (C=O) groups excluding carboxylic acids is 2. The second-order valence-electron chi connectivity index (χ2n) is 5.64. The van der Waals surface area contributed by atoms with Gasteiger partial charge in [0.05, 0.1) is 11.5 Å². The Balaban J connectivity index is 2.58. The Morgan fingerprint density at radius 2 is 2.26 bits per heavy atom. The number of ether oxygens (including phenoxy) is 1. The zero-order valence-electron chi connectivity index (χ0n) is 13.2. The van der Waals surface area contributed by atoms with Crippen molar-refractivity contribution in [3.8, 4) is 0 Å². The highest BCUT2D eigenvalue weighted by molar-refractivity contribution is 6.14. The van der Waals surface area contributed by atoms with Crippen molar-refractivity contribution < 1.29 is 19.2 Å². The number of Topliss-reactive ketones (excluding diaryl/α,β-unsaturated/α-hetero) is 1. The first-order chi connectivity index (χ1) is 10.9. The Labute approximate surface area is 134 Å². The number of fused-ring (bicyclic) bond motifs is 1. The van der Waals surface area contributed by atoms with Crippen molar-refractivity contribution in [3.63, 3.8) is 0 Å². The fourth-order valence-electron chi connectivity index (χ4n) is 3.07. The summed E-state index contributed by atoms with van der Waals surface area (Å²) in [5, 5.41) is 11.0. The normalized spacial score (nSPS) is 21.2. The lowest BCUT2D eigenvalue weighted by Crippen LogP contribution is -2.48. The van der Waals surface area contributed by atoms with Crippen LogP contribution >= 0.6 is 0 Å².